The van der Waals surface area contributed by atoms with Crippen LogP contribution in [0.5, 0.6) is 0 Å². The molecule has 1 unspecified atom stereocenters. The van der Waals surface area contributed by atoms with Gasteiger partial charge in [0.2, 0.25) is 0 Å². The predicted octanol–water partition coefficient (Wildman–Crippen LogP) is 2.64. The highest BCUT2D eigenvalue weighted by Gasteiger charge is 2.17. The molecule has 0 saturated carbocycles. The lowest BCUT2D eigenvalue weighted by atomic mass is 10.1. The van der Waals surface area contributed by atoms with E-state index in [1.807, 2.05) is 0 Å². The van der Waals surface area contributed by atoms with E-state index >= 15 is 0 Å². The maximum absolute atomic E-state index is 3.55. The van der Waals surface area contributed by atoms with Crippen LogP contribution < -0.4 is 5.32 Å². The molecule has 1 N–H and O–H groups in total. The Kier molecular flexibility index (Phi) is 5.07. The summed E-state index contributed by atoms with van der Waals surface area (Å²) >= 11 is 0. The van der Waals surface area contributed by atoms with Crippen LogP contribution in [0.25, 0.3) is 0 Å². The number of likely N-dealkylation sites (tertiary alicyclic amines) is 1. The van der Waals surface area contributed by atoms with Crippen molar-refractivity contribution >= 4 is 0 Å². The van der Waals surface area contributed by atoms with Gasteiger partial charge in [0.1, 0.15) is 0 Å². The molecule has 1 fully saturated rings. The molecular weight excluding hydrogens is 184 g/mol. The molecule has 1 aliphatic heterocycles. The standard InChI is InChI=1S/C13H28N2/c1-12(15-10-5-6-11-15)8-7-9-14-13(2,3)4/h12,14H,5-11H2,1-4H3. The van der Waals surface area contributed by atoms with Crippen molar-refractivity contribution in [1.82, 2.24) is 10.2 Å². The normalized spacial score (nSPS) is 20.8. The van der Waals surface area contributed by atoms with E-state index in [2.05, 4.69) is 37.9 Å². The fraction of sp³-hybridized carbons (Fsp3) is 1.00. The van der Waals surface area contributed by atoms with E-state index in [1.165, 1.54) is 38.8 Å². The average Bonchev–Trinajstić information content (AvgIpc) is 2.63. The van der Waals surface area contributed by atoms with E-state index in [1.54, 1.807) is 0 Å². The third kappa shape index (κ3) is 5.53. The molecule has 1 heterocycles. The number of rotatable bonds is 5. The van der Waals surface area contributed by atoms with Gasteiger partial charge in [-0.3, -0.25) is 0 Å². The largest absolute Gasteiger partial charge is 0.312 e. The number of hydrogen-bond donors (Lipinski definition) is 1. The van der Waals surface area contributed by atoms with Gasteiger partial charge in [0.15, 0.2) is 0 Å². The molecule has 2 nitrogen and oxygen atoms in total. The molecule has 2 heteroatoms. The van der Waals surface area contributed by atoms with Crippen molar-refractivity contribution in [2.24, 2.45) is 0 Å². The Morgan fingerprint density at radius 1 is 1.20 bits per heavy atom. The first-order chi connectivity index (χ1) is 6.99. The van der Waals surface area contributed by atoms with Crippen molar-refractivity contribution in [2.75, 3.05) is 19.6 Å². The van der Waals surface area contributed by atoms with Crippen LogP contribution in [0.1, 0.15) is 53.4 Å². The second-order valence-electron chi connectivity index (χ2n) is 5.91. The Hall–Kier alpha value is -0.0800. The molecule has 1 saturated heterocycles. The molecule has 0 aromatic carbocycles. The molecule has 0 aromatic heterocycles. The monoisotopic (exact) mass is 212 g/mol. The maximum atomic E-state index is 3.55. The Balaban J connectivity index is 2.04. The molecule has 90 valence electrons. The van der Waals surface area contributed by atoms with Gasteiger partial charge in [0.25, 0.3) is 0 Å². The van der Waals surface area contributed by atoms with E-state index in [0.29, 0.717) is 0 Å². The summed E-state index contributed by atoms with van der Waals surface area (Å²) in [5.74, 6) is 0. The molecule has 0 aromatic rings. The van der Waals surface area contributed by atoms with Crippen LogP contribution >= 0.6 is 0 Å². The summed E-state index contributed by atoms with van der Waals surface area (Å²) < 4.78 is 0. The molecule has 0 spiro atoms. The number of nitrogens with zero attached hydrogens (tertiary/aromatic N) is 1. The van der Waals surface area contributed by atoms with E-state index in [9.17, 15) is 0 Å². The van der Waals surface area contributed by atoms with Crippen LogP contribution in [0.2, 0.25) is 0 Å². The van der Waals surface area contributed by atoms with Gasteiger partial charge in [-0.1, -0.05) is 0 Å². The summed E-state index contributed by atoms with van der Waals surface area (Å²) in [7, 11) is 0. The highest BCUT2D eigenvalue weighted by Crippen LogP contribution is 2.14. The lowest BCUT2D eigenvalue weighted by molar-refractivity contribution is 0.241. The summed E-state index contributed by atoms with van der Waals surface area (Å²) in [5.41, 5.74) is 0.275. The van der Waals surface area contributed by atoms with Gasteiger partial charge in [0.05, 0.1) is 0 Å². The Bertz CT molecular complexity index is 166. The molecule has 0 bridgehead atoms. The first-order valence-electron chi connectivity index (χ1n) is 6.48. The molecule has 1 rings (SSSR count). The van der Waals surface area contributed by atoms with Gasteiger partial charge in [-0.05, 0) is 73.0 Å². The fourth-order valence-corrected chi connectivity index (χ4v) is 2.23. The lowest BCUT2D eigenvalue weighted by Crippen LogP contribution is -2.37. The van der Waals surface area contributed by atoms with Crippen LogP contribution in [0.4, 0.5) is 0 Å². The van der Waals surface area contributed by atoms with Crippen LogP contribution in [0, 0.1) is 0 Å². The maximum Gasteiger partial charge on any atom is 0.00965 e. The van der Waals surface area contributed by atoms with Crippen molar-refractivity contribution in [2.45, 2.75) is 65.0 Å². The SMILES string of the molecule is CC(CCCNC(C)(C)C)N1CCCC1. The minimum Gasteiger partial charge on any atom is -0.312 e. The summed E-state index contributed by atoms with van der Waals surface area (Å²) in [6.07, 6.45) is 5.45. The zero-order valence-electron chi connectivity index (χ0n) is 11.0. The van der Waals surface area contributed by atoms with Gasteiger partial charge in [-0.25, -0.2) is 0 Å². The van der Waals surface area contributed by atoms with E-state index in [-0.39, 0.29) is 5.54 Å². The Labute approximate surface area is 95.4 Å². The Morgan fingerprint density at radius 2 is 1.80 bits per heavy atom. The minimum atomic E-state index is 0.275. The van der Waals surface area contributed by atoms with Crippen LogP contribution in [-0.4, -0.2) is 36.1 Å². The zero-order chi connectivity index (χ0) is 11.3. The van der Waals surface area contributed by atoms with Gasteiger partial charge < -0.3 is 10.2 Å². The summed E-state index contributed by atoms with van der Waals surface area (Å²) in [5, 5.41) is 3.55. The highest BCUT2D eigenvalue weighted by atomic mass is 15.2. The number of hydrogen-bond acceptors (Lipinski definition) is 2. The molecule has 15 heavy (non-hydrogen) atoms. The molecule has 1 aliphatic rings. The molecule has 0 radical (unpaired) electrons. The van der Waals surface area contributed by atoms with Crippen molar-refractivity contribution < 1.29 is 0 Å². The second-order valence-corrected chi connectivity index (χ2v) is 5.91. The fourth-order valence-electron chi connectivity index (χ4n) is 2.23. The summed E-state index contributed by atoms with van der Waals surface area (Å²) in [6.45, 7) is 12.9. The van der Waals surface area contributed by atoms with Crippen molar-refractivity contribution in [1.29, 1.82) is 0 Å². The number of nitrogens with one attached hydrogen (secondary N) is 1. The summed E-state index contributed by atoms with van der Waals surface area (Å²) in [6, 6.07) is 0.786. The third-order valence-electron chi connectivity index (χ3n) is 3.22. The Morgan fingerprint density at radius 3 is 2.33 bits per heavy atom. The van der Waals surface area contributed by atoms with Crippen LogP contribution in [0.15, 0.2) is 0 Å². The average molecular weight is 212 g/mol. The van der Waals surface area contributed by atoms with E-state index in [4.69, 9.17) is 0 Å². The quantitative estimate of drug-likeness (QED) is 0.705. The minimum absolute atomic E-state index is 0.275. The van der Waals surface area contributed by atoms with Gasteiger partial charge >= 0.3 is 0 Å². The van der Waals surface area contributed by atoms with Crippen molar-refractivity contribution in [3.05, 3.63) is 0 Å². The topological polar surface area (TPSA) is 15.3 Å². The summed E-state index contributed by atoms with van der Waals surface area (Å²) in [4.78, 5) is 2.64. The highest BCUT2D eigenvalue weighted by molar-refractivity contribution is 4.74. The van der Waals surface area contributed by atoms with Crippen molar-refractivity contribution in [3.63, 3.8) is 0 Å². The molecular formula is C13H28N2. The molecule has 1 atom stereocenters. The smallest absolute Gasteiger partial charge is 0.00965 e. The molecule has 0 amide bonds. The van der Waals surface area contributed by atoms with Gasteiger partial charge in [0, 0.05) is 11.6 Å². The third-order valence-corrected chi connectivity index (χ3v) is 3.22. The van der Waals surface area contributed by atoms with Gasteiger partial charge in [-0.15, -0.1) is 0 Å². The second kappa shape index (κ2) is 5.86. The van der Waals surface area contributed by atoms with E-state index in [0.717, 1.165) is 12.6 Å². The molecule has 0 aliphatic carbocycles. The van der Waals surface area contributed by atoms with Crippen LogP contribution in [0.3, 0.4) is 0 Å². The first-order valence-corrected chi connectivity index (χ1v) is 6.48. The van der Waals surface area contributed by atoms with E-state index < -0.39 is 0 Å². The van der Waals surface area contributed by atoms with Crippen LogP contribution in [-0.2, 0) is 0 Å². The van der Waals surface area contributed by atoms with Gasteiger partial charge in [-0.2, -0.15) is 0 Å². The van der Waals surface area contributed by atoms with Crippen molar-refractivity contribution in [3.8, 4) is 0 Å². The zero-order valence-corrected chi connectivity index (χ0v) is 11.0. The lowest BCUT2D eigenvalue weighted by Gasteiger charge is -2.25. The predicted molar refractivity (Wildman–Crippen MR) is 67.3 cm³/mol. The first kappa shape index (κ1) is 13.0.